The van der Waals surface area contributed by atoms with Gasteiger partial charge in [0, 0.05) is 25.0 Å². The summed E-state index contributed by atoms with van der Waals surface area (Å²) in [5.74, 6) is -2.48. The largest absolute Gasteiger partial charge is 0.380 e. The van der Waals surface area contributed by atoms with Crippen LogP contribution in [0.4, 0.5) is 24.5 Å². The van der Waals surface area contributed by atoms with Gasteiger partial charge < -0.3 is 10.6 Å². The molecule has 0 aliphatic heterocycles. The van der Waals surface area contributed by atoms with E-state index in [4.69, 9.17) is 0 Å². The molecule has 1 amide bonds. The van der Waals surface area contributed by atoms with E-state index in [0.29, 0.717) is 18.3 Å². The van der Waals surface area contributed by atoms with Gasteiger partial charge in [-0.05, 0) is 35.9 Å². The van der Waals surface area contributed by atoms with E-state index in [1.807, 2.05) is 0 Å². The Morgan fingerprint density at radius 1 is 0.923 bits per heavy atom. The minimum atomic E-state index is -0.864. The van der Waals surface area contributed by atoms with Crippen LogP contribution in [0.1, 0.15) is 15.9 Å². The number of carbonyl (C=O) groups is 1. The lowest BCUT2D eigenvalue weighted by atomic mass is 10.2. The SMILES string of the molecule is O=C(Nc1ccc(F)cc1F)c1cncc(NCc2ccc(F)cc2)c1. The number of pyridine rings is 1. The molecule has 26 heavy (non-hydrogen) atoms. The van der Waals surface area contributed by atoms with Gasteiger partial charge in [0.25, 0.3) is 5.91 Å². The van der Waals surface area contributed by atoms with Crippen molar-refractivity contribution in [2.75, 3.05) is 10.6 Å². The van der Waals surface area contributed by atoms with E-state index in [2.05, 4.69) is 15.6 Å². The molecular formula is C19H14F3N3O. The van der Waals surface area contributed by atoms with Crippen LogP contribution in [0.25, 0.3) is 0 Å². The van der Waals surface area contributed by atoms with Gasteiger partial charge in [-0.25, -0.2) is 13.2 Å². The zero-order valence-electron chi connectivity index (χ0n) is 13.5. The molecule has 0 bridgehead atoms. The standard InChI is InChI=1S/C19H14F3N3O/c20-14-3-1-12(2-4-14)9-24-16-7-13(10-23-11-16)19(26)25-18-6-5-15(21)8-17(18)22/h1-8,10-11,24H,9H2,(H,25,26). The van der Waals surface area contributed by atoms with Crippen molar-refractivity contribution < 1.29 is 18.0 Å². The molecule has 2 aromatic carbocycles. The molecule has 0 radical (unpaired) electrons. The fraction of sp³-hybridized carbons (Fsp3) is 0.0526. The summed E-state index contributed by atoms with van der Waals surface area (Å²) >= 11 is 0. The van der Waals surface area contributed by atoms with Crippen LogP contribution in [0.5, 0.6) is 0 Å². The van der Waals surface area contributed by atoms with Crippen LogP contribution < -0.4 is 10.6 Å². The summed E-state index contributed by atoms with van der Waals surface area (Å²) in [7, 11) is 0. The summed E-state index contributed by atoms with van der Waals surface area (Å²) < 4.78 is 39.4. The van der Waals surface area contributed by atoms with Crippen molar-refractivity contribution in [3.63, 3.8) is 0 Å². The van der Waals surface area contributed by atoms with Crippen molar-refractivity contribution in [3.05, 3.63) is 89.5 Å². The average molecular weight is 357 g/mol. The number of hydrogen-bond acceptors (Lipinski definition) is 3. The minimum Gasteiger partial charge on any atom is -0.380 e. The van der Waals surface area contributed by atoms with E-state index in [1.54, 1.807) is 18.2 Å². The number of halogens is 3. The first-order valence-corrected chi connectivity index (χ1v) is 7.71. The first-order chi connectivity index (χ1) is 12.5. The van der Waals surface area contributed by atoms with Crippen LogP contribution in [0.3, 0.4) is 0 Å². The second-order valence-corrected chi connectivity index (χ2v) is 5.52. The van der Waals surface area contributed by atoms with Crippen LogP contribution in [0.2, 0.25) is 0 Å². The lowest BCUT2D eigenvalue weighted by molar-refractivity contribution is 0.102. The van der Waals surface area contributed by atoms with Crippen LogP contribution in [0, 0.1) is 17.5 Å². The van der Waals surface area contributed by atoms with Gasteiger partial charge in [0.1, 0.15) is 17.5 Å². The second-order valence-electron chi connectivity index (χ2n) is 5.52. The molecule has 0 saturated carbocycles. The van der Waals surface area contributed by atoms with Gasteiger partial charge >= 0.3 is 0 Å². The number of benzene rings is 2. The van der Waals surface area contributed by atoms with Gasteiger partial charge in [-0.2, -0.15) is 0 Å². The zero-order valence-corrected chi connectivity index (χ0v) is 13.5. The summed E-state index contributed by atoms with van der Waals surface area (Å²) in [4.78, 5) is 16.2. The van der Waals surface area contributed by atoms with Crippen LogP contribution in [0.15, 0.2) is 60.9 Å². The van der Waals surface area contributed by atoms with Gasteiger partial charge in [0.15, 0.2) is 0 Å². The first-order valence-electron chi connectivity index (χ1n) is 7.71. The molecule has 4 nitrogen and oxygen atoms in total. The molecule has 3 rings (SSSR count). The summed E-state index contributed by atoms with van der Waals surface area (Å²) in [5, 5.41) is 5.44. The molecule has 7 heteroatoms. The maximum Gasteiger partial charge on any atom is 0.257 e. The van der Waals surface area contributed by atoms with Crippen molar-refractivity contribution in [2.45, 2.75) is 6.54 Å². The summed E-state index contributed by atoms with van der Waals surface area (Å²) in [6, 6.07) is 10.4. The number of nitrogens with zero attached hydrogens (tertiary/aromatic N) is 1. The van der Waals surface area contributed by atoms with Gasteiger partial charge in [-0.3, -0.25) is 9.78 Å². The lowest BCUT2D eigenvalue weighted by Crippen LogP contribution is -2.14. The second kappa shape index (κ2) is 7.69. The Hall–Kier alpha value is -3.35. The molecule has 3 aromatic rings. The van der Waals surface area contributed by atoms with Crippen molar-refractivity contribution >= 4 is 17.3 Å². The third-order valence-corrected chi connectivity index (χ3v) is 3.59. The fourth-order valence-electron chi connectivity index (χ4n) is 2.25. The average Bonchev–Trinajstić information content (AvgIpc) is 2.64. The van der Waals surface area contributed by atoms with Gasteiger partial charge in [-0.15, -0.1) is 0 Å². The molecule has 1 aromatic heterocycles. The van der Waals surface area contributed by atoms with Crippen molar-refractivity contribution in [3.8, 4) is 0 Å². The Kier molecular flexibility index (Phi) is 5.17. The molecule has 0 aliphatic carbocycles. The number of aromatic nitrogens is 1. The zero-order chi connectivity index (χ0) is 18.5. The van der Waals surface area contributed by atoms with Crippen LogP contribution in [-0.4, -0.2) is 10.9 Å². The first kappa shape index (κ1) is 17.5. The molecule has 1 heterocycles. The summed E-state index contributed by atoms with van der Waals surface area (Å²) in [6.07, 6.45) is 2.86. The normalized spacial score (nSPS) is 10.4. The Morgan fingerprint density at radius 2 is 1.65 bits per heavy atom. The third kappa shape index (κ3) is 4.38. The highest BCUT2D eigenvalue weighted by Crippen LogP contribution is 2.17. The maximum atomic E-state index is 13.6. The molecule has 0 aliphatic rings. The van der Waals surface area contributed by atoms with E-state index < -0.39 is 17.5 Å². The minimum absolute atomic E-state index is 0.124. The third-order valence-electron chi connectivity index (χ3n) is 3.59. The maximum absolute atomic E-state index is 13.6. The number of rotatable bonds is 5. The van der Waals surface area contributed by atoms with E-state index >= 15 is 0 Å². The summed E-state index contributed by atoms with van der Waals surface area (Å²) in [5.41, 5.74) is 1.51. The molecule has 2 N–H and O–H groups in total. The molecule has 0 fully saturated rings. The van der Waals surface area contributed by atoms with Crippen molar-refractivity contribution in [1.29, 1.82) is 0 Å². The quantitative estimate of drug-likeness (QED) is 0.713. The number of amides is 1. The van der Waals surface area contributed by atoms with Crippen molar-refractivity contribution in [2.24, 2.45) is 0 Å². The molecule has 0 unspecified atom stereocenters. The topological polar surface area (TPSA) is 54.0 Å². The molecule has 0 saturated heterocycles. The van der Waals surface area contributed by atoms with E-state index in [-0.39, 0.29) is 17.1 Å². The highest BCUT2D eigenvalue weighted by Gasteiger charge is 2.11. The molecule has 0 spiro atoms. The molecular weight excluding hydrogens is 343 g/mol. The Balaban J connectivity index is 1.67. The number of nitrogens with one attached hydrogen (secondary N) is 2. The fourth-order valence-corrected chi connectivity index (χ4v) is 2.25. The van der Waals surface area contributed by atoms with E-state index in [9.17, 15) is 18.0 Å². The van der Waals surface area contributed by atoms with Gasteiger partial charge in [-0.1, -0.05) is 12.1 Å². The molecule has 0 atom stereocenters. The van der Waals surface area contributed by atoms with Crippen molar-refractivity contribution in [1.82, 2.24) is 4.98 Å². The van der Waals surface area contributed by atoms with Crippen LogP contribution in [-0.2, 0) is 6.54 Å². The summed E-state index contributed by atoms with van der Waals surface area (Å²) in [6.45, 7) is 0.416. The van der Waals surface area contributed by atoms with Gasteiger partial charge in [0.2, 0.25) is 0 Å². The van der Waals surface area contributed by atoms with E-state index in [0.717, 1.165) is 17.7 Å². The lowest BCUT2D eigenvalue weighted by Gasteiger charge is -2.09. The Labute approximate surface area is 147 Å². The number of hydrogen-bond donors (Lipinski definition) is 2. The Morgan fingerprint density at radius 3 is 2.38 bits per heavy atom. The predicted octanol–water partition coefficient (Wildman–Crippen LogP) is 4.36. The van der Waals surface area contributed by atoms with E-state index in [1.165, 1.54) is 24.5 Å². The highest BCUT2D eigenvalue weighted by atomic mass is 19.1. The Bertz CT molecular complexity index is 930. The number of anilines is 2. The van der Waals surface area contributed by atoms with Crippen LogP contribution >= 0.6 is 0 Å². The predicted molar refractivity (Wildman–Crippen MR) is 92.3 cm³/mol. The van der Waals surface area contributed by atoms with Gasteiger partial charge in [0.05, 0.1) is 16.9 Å². The smallest absolute Gasteiger partial charge is 0.257 e. The monoisotopic (exact) mass is 357 g/mol. The highest BCUT2D eigenvalue weighted by molar-refractivity contribution is 6.04. The molecule has 132 valence electrons. The number of carbonyl (C=O) groups excluding carboxylic acids is 1.